The van der Waals surface area contributed by atoms with Gasteiger partial charge in [0.2, 0.25) is 0 Å². The largest absolute Gasteiger partial charge is 0.271 e. The lowest BCUT2D eigenvalue weighted by Crippen LogP contribution is -2.15. The number of benzene rings is 3. The molecule has 0 atom stereocenters. The fourth-order valence-electron chi connectivity index (χ4n) is 3.74. The third-order valence-corrected chi connectivity index (χ3v) is 5.83. The molecule has 154 valence electrons. The molecule has 2 nitrogen and oxygen atoms in total. The minimum atomic E-state index is 0.163. The van der Waals surface area contributed by atoms with Crippen LogP contribution >= 0.6 is 0 Å². The Hall–Kier alpha value is -2.84. The Balaban J connectivity index is 1.46. The lowest BCUT2D eigenvalue weighted by atomic mass is 9.86. The Bertz CT molecular complexity index is 1030. The van der Waals surface area contributed by atoms with Gasteiger partial charge in [0, 0.05) is 0 Å². The van der Waals surface area contributed by atoms with E-state index >= 15 is 0 Å². The summed E-state index contributed by atoms with van der Waals surface area (Å²) in [5.41, 5.74) is 13.5. The van der Waals surface area contributed by atoms with Crippen molar-refractivity contribution in [1.29, 1.82) is 0 Å². The highest BCUT2D eigenvalue weighted by atomic mass is 16.6. The summed E-state index contributed by atoms with van der Waals surface area (Å²) in [6.07, 6.45) is 2.30. The summed E-state index contributed by atoms with van der Waals surface area (Å²) in [7, 11) is 0. The minimum absolute atomic E-state index is 0.163. The molecule has 4 rings (SSSR count). The van der Waals surface area contributed by atoms with Crippen LogP contribution < -0.4 is 5.48 Å². The van der Waals surface area contributed by atoms with E-state index in [2.05, 4.69) is 106 Å². The topological polar surface area (TPSA) is 21.3 Å². The van der Waals surface area contributed by atoms with Crippen molar-refractivity contribution < 1.29 is 4.84 Å². The quantitative estimate of drug-likeness (QED) is 0.445. The first-order valence-corrected chi connectivity index (χ1v) is 10.8. The van der Waals surface area contributed by atoms with Crippen LogP contribution in [0, 0.1) is 6.92 Å². The summed E-state index contributed by atoms with van der Waals surface area (Å²) in [6, 6.07) is 25.8. The van der Waals surface area contributed by atoms with Crippen molar-refractivity contribution in [3.05, 3.63) is 101 Å². The Morgan fingerprint density at radius 2 is 1.57 bits per heavy atom. The number of hydroxylamine groups is 1. The fourth-order valence-corrected chi connectivity index (χ4v) is 3.74. The Labute approximate surface area is 180 Å². The van der Waals surface area contributed by atoms with Crippen molar-refractivity contribution >= 4 is 5.70 Å². The van der Waals surface area contributed by atoms with E-state index in [4.69, 9.17) is 4.84 Å². The first-order valence-electron chi connectivity index (χ1n) is 10.8. The van der Waals surface area contributed by atoms with Crippen molar-refractivity contribution in [1.82, 2.24) is 5.48 Å². The lowest BCUT2D eigenvalue weighted by molar-refractivity contribution is 0.0641. The van der Waals surface area contributed by atoms with Crippen LogP contribution in [0.15, 0.2) is 78.4 Å². The highest BCUT2D eigenvalue weighted by Gasteiger charge is 2.20. The predicted molar refractivity (Wildman–Crippen MR) is 126 cm³/mol. The second kappa shape index (κ2) is 8.49. The van der Waals surface area contributed by atoms with Crippen LogP contribution in [0.5, 0.6) is 0 Å². The molecule has 0 aliphatic heterocycles. The summed E-state index contributed by atoms with van der Waals surface area (Å²) < 4.78 is 0. The van der Waals surface area contributed by atoms with E-state index in [0.29, 0.717) is 6.61 Å². The molecule has 1 saturated carbocycles. The van der Waals surface area contributed by atoms with E-state index in [0.717, 1.165) is 18.5 Å². The van der Waals surface area contributed by atoms with E-state index in [1.807, 2.05) is 0 Å². The zero-order valence-corrected chi connectivity index (χ0v) is 18.5. The first-order chi connectivity index (χ1) is 14.4. The van der Waals surface area contributed by atoms with Gasteiger partial charge in [-0.05, 0) is 64.1 Å². The van der Waals surface area contributed by atoms with Crippen molar-refractivity contribution in [2.75, 3.05) is 0 Å². The van der Waals surface area contributed by atoms with Gasteiger partial charge >= 0.3 is 0 Å². The average molecular weight is 398 g/mol. The lowest BCUT2D eigenvalue weighted by Gasteiger charge is -2.20. The molecule has 0 unspecified atom stereocenters. The molecule has 1 N–H and O–H groups in total. The maximum absolute atomic E-state index is 6.00. The van der Waals surface area contributed by atoms with Gasteiger partial charge in [-0.1, -0.05) is 93.6 Å². The predicted octanol–water partition coefficient (Wildman–Crippen LogP) is 7.19. The maximum atomic E-state index is 6.00. The molecule has 30 heavy (non-hydrogen) atoms. The molecule has 0 amide bonds. The molecule has 3 aromatic carbocycles. The zero-order chi connectivity index (χ0) is 21.1. The molecular formula is C28H31NO. The van der Waals surface area contributed by atoms with Crippen molar-refractivity contribution in [3.8, 4) is 11.1 Å². The molecule has 0 radical (unpaired) electrons. The highest BCUT2D eigenvalue weighted by Crippen LogP contribution is 2.36. The molecule has 0 heterocycles. The number of rotatable bonds is 6. The van der Waals surface area contributed by atoms with E-state index in [9.17, 15) is 0 Å². The summed E-state index contributed by atoms with van der Waals surface area (Å²) in [6.45, 7) is 9.44. The summed E-state index contributed by atoms with van der Waals surface area (Å²) >= 11 is 0. The number of allylic oxidation sites excluding steroid dienone is 1. The van der Waals surface area contributed by atoms with Crippen LogP contribution in [-0.4, -0.2) is 0 Å². The van der Waals surface area contributed by atoms with Crippen LogP contribution in [0.3, 0.4) is 0 Å². The normalized spacial score (nSPS) is 13.3. The molecular weight excluding hydrogens is 366 g/mol. The van der Waals surface area contributed by atoms with Crippen LogP contribution in [-0.2, 0) is 16.9 Å². The van der Waals surface area contributed by atoms with Gasteiger partial charge in [0.25, 0.3) is 0 Å². The van der Waals surface area contributed by atoms with Gasteiger partial charge in [-0.3, -0.25) is 10.3 Å². The van der Waals surface area contributed by atoms with Crippen LogP contribution in [0.25, 0.3) is 16.8 Å². The molecule has 2 heteroatoms. The van der Waals surface area contributed by atoms with Gasteiger partial charge in [0.15, 0.2) is 0 Å². The average Bonchev–Trinajstić information content (AvgIpc) is 3.58. The van der Waals surface area contributed by atoms with E-state index in [1.165, 1.54) is 39.0 Å². The van der Waals surface area contributed by atoms with E-state index in [-0.39, 0.29) is 5.41 Å². The molecule has 0 saturated heterocycles. The molecule has 3 aromatic rings. The molecule has 1 aliphatic carbocycles. The van der Waals surface area contributed by atoms with Gasteiger partial charge in [-0.25, -0.2) is 0 Å². The molecule has 0 bridgehead atoms. The highest BCUT2D eigenvalue weighted by molar-refractivity contribution is 5.70. The summed E-state index contributed by atoms with van der Waals surface area (Å²) in [4.78, 5) is 6.00. The fraction of sp³-hybridized carbons (Fsp3) is 0.286. The first kappa shape index (κ1) is 20.4. The standard InChI is InChI=1S/C28H31NO/c1-20-24(11-8-12-26(20)21-9-6-5-7-10-21)19-30-29-27(22-13-14-22)23-15-17-25(18-16-23)28(2,3)4/h5-12,15-18,29H,13-14,19H2,1-4H3. The molecule has 0 aromatic heterocycles. The number of hydrogen-bond acceptors (Lipinski definition) is 2. The van der Waals surface area contributed by atoms with Gasteiger partial charge in [0.05, 0.1) is 12.3 Å². The monoisotopic (exact) mass is 397 g/mol. The van der Waals surface area contributed by atoms with Gasteiger partial charge in [-0.15, -0.1) is 0 Å². The summed E-state index contributed by atoms with van der Waals surface area (Å²) in [5, 5.41) is 0. The Morgan fingerprint density at radius 1 is 0.867 bits per heavy atom. The third kappa shape index (κ3) is 4.66. The maximum Gasteiger partial charge on any atom is 0.0999 e. The smallest absolute Gasteiger partial charge is 0.0999 e. The summed E-state index contributed by atoms with van der Waals surface area (Å²) in [5.74, 6) is 0. The van der Waals surface area contributed by atoms with Gasteiger partial charge < -0.3 is 0 Å². The zero-order valence-electron chi connectivity index (χ0n) is 18.5. The van der Waals surface area contributed by atoms with Gasteiger partial charge in [-0.2, -0.15) is 0 Å². The van der Waals surface area contributed by atoms with Crippen molar-refractivity contribution in [2.24, 2.45) is 0 Å². The van der Waals surface area contributed by atoms with Crippen molar-refractivity contribution in [2.45, 2.75) is 52.6 Å². The van der Waals surface area contributed by atoms with Crippen molar-refractivity contribution in [3.63, 3.8) is 0 Å². The second-order valence-electron chi connectivity index (χ2n) is 9.15. The molecule has 1 fully saturated rings. The van der Waals surface area contributed by atoms with Gasteiger partial charge in [0.1, 0.15) is 0 Å². The van der Waals surface area contributed by atoms with Crippen LogP contribution in [0.1, 0.15) is 55.9 Å². The number of hydrogen-bond donors (Lipinski definition) is 1. The minimum Gasteiger partial charge on any atom is -0.271 e. The van der Waals surface area contributed by atoms with Crippen LogP contribution in [0.4, 0.5) is 0 Å². The molecule has 1 aliphatic rings. The van der Waals surface area contributed by atoms with E-state index in [1.54, 1.807) is 0 Å². The van der Waals surface area contributed by atoms with E-state index < -0.39 is 0 Å². The third-order valence-electron chi connectivity index (χ3n) is 5.83. The Kier molecular flexibility index (Phi) is 5.78. The Morgan fingerprint density at radius 3 is 2.20 bits per heavy atom. The molecule has 0 spiro atoms. The van der Waals surface area contributed by atoms with Crippen LogP contribution in [0.2, 0.25) is 0 Å². The number of nitrogens with one attached hydrogen (secondary N) is 1. The second-order valence-corrected chi connectivity index (χ2v) is 9.15. The SMILES string of the molecule is Cc1c(CONC(=C2CC2)c2ccc(C(C)(C)C)cc2)cccc1-c1ccccc1.